The Morgan fingerprint density at radius 3 is 2.75 bits per heavy atom. The first-order valence-corrected chi connectivity index (χ1v) is 5.79. The number of allylic oxidation sites excluding steroid dienone is 1. The second-order valence-corrected chi connectivity index (χ2v) is 4.36. The highest BCUT2D eigenvalue weighted by atomic mass is 16.4. The quantitative estimate of drug-likeness (QED) is 0.562. The van der Waals surface area contributed by atoms with Gasteiger partial charge in [-0.05, 0) is 36.5 Å². The first-order chi connectivity index (χ1) is 7.81. The molecule has 2 rings (SSSR count). The molecule has 0 bridgehead atoms. The van der Waals surface area contributed by atoms with Gasteiger partial charge >= 0.3 is 0 Å². The highest BCUT2D eigenvalue weighted by Crippen LogP contribution is 2.27. The average molecular weight is 215 g/mol. The SMILES string of the molecule is C[C@@H]1CCC/C(=C/c2ccccc2)C1=NO. The molecular formula is C14H17NO. The number of oxime groups is 1. The first-order valence-electron chi connectivity index (χ1n) is 5.79. The Balaban J connectivity index is 2.29. The normalized spacial score (nSPS) is 26.2. The third-order valence-electron chi connectivity index (χ3n) is 3.13. The van der Waals surface area contributed by atoms with Gasteiger partial charge in [0.15, 0.2) is 0 Å². The highest BCUT2D eigenvalue weighted by molar-refractivity contribution is 6.05. The standard InChI is InChI=1S/C14H17NO/c1-11-6-5-9-13(14(11)15-16)10-12-7-3-2-4-8-12/h2-4,7-8,10-11,16H,5-6,9H2,1H3/b13-10-,15-14?/t11-/m1/s1. The molecule has 0 heterocycles. The molecule has 1 saturated carbocycles. The zero-order valence-electron chi connectivity index (χ0n) is 9.56. The van der Waals surface area contributed by atoms with E-state index < -0.39 is 0 Å². The summed E-state index contributed by atoms with van der Waals surface area (Å²) in [4.78, 5) is 0. The van der Waals surface area contributed by atoms with E-state index in [-0.39, 0.29) is 0 Å². The Hall–Kier alpha value is -1.57. The van der Waals surface area contributed by atoms with Crippen LogP contribution in [0.5, 0.6) is 0 Å². The van der Waals surface area contributed by atoms with Gasteiger partial charge in [-0.3, -0.25) is 0 Å². The number of rotatable bonds is 1. The minimum Gasteiger partial charge on any atom is -0.411 e. The Morgan fingerprint density at radius 1 is 1.31 bits per heavy atom. The fourth-order valence-electron chi connectivity index (χ4n) is 2.24. The van der Waals surface area contributed by atoms with Crippen molar-refractivity contribution >= 4 is 11.8 Å². The zero-order valence-corrected chi connectivity index (χ0v) is 9.56. The van der Waals surface area contributed by atoms with Crippen LogP contribution in [-0.4, -0.2) is 10.9 Å². The summed E-state index contributed by atoms with van der Waals surface area (Å²) in [7, 11) is 0. The lowest BCUT2D eigenvalue weighted by atomic mass is 9.84. The van der Waals surface area contributed by atoms with Crippen molar-refractivity contribution in [2.45, 2.75) is 26.2 Å². The predicted molar refractivity (Wildman–Crippen MR) is 66.7 cm³/mol. The van der Waals surface area contributed by atoms with Gasteiger partial charge in [-0.25, -0.2) is 0 Å². The number of nitrogens with zero attached hydrogens (tertiary/aromatic N) is 1. The third kappa shape index (κ3) is 2.32. The van der Waals surface area contributed by atoms with Crippen molar-refractivity contribution in [2.24, 2.45) is 11.1 Å². The largest absolute Gasteiger partial charge is 0.411 e. The fourth-order valence-corrected chi connectivity index (χ4v) is 2.24. The minimum absolute atomic E-state index is 0.369. The van der Waals surface area contributed by atoms with Crippen LogP contribution in [0.25, 0.3) is 6.08 Å². The summed E-state index contributed by atoms with van der Waals surface area (Å²) < 4.78 is 0. The lowest BCUT2D eigenvalue weighted by Crippen LogP contribution is -2.19. The van der Waals surface area contributed by atoms with E-state index in [1.54, 1.807) is 0 Å². The average Bonchev–Trinajstić information content (AvgIpc) is 2.31. The van der Waals surface area contributed by atoms with Crippen molar-refractivity contribution in [3.8, 4) is 0 Å². The van der Waals surface area contributed by atoms with E-state index in [4.69, 9.17) is 5.21 Å². The van der Waals surface area contributed by atoms with Gasteiger partial charge in [0, 0.05) is 5.92 Å². The van der Waals surface area contributed by atoms with E-state index in [2.05, 4.69) is 30.3 Å². The molecule has 1 N–H and O–H groups in total. The van der Waals surface area contributed by atoms with Crippen LogP contribution in [-0.2, 0) is 0 Å². The van der Waals surface area contributed by atoms with Crippen LogP contribution in [0.15, 0.2) is 41.1 Å². The van der Waals surface area contributed by atoms with Gasteiger partial charge in [0.1, 0.15) is 0 Å². The second-order valence-electron chi connectivity index (χ2n) is 4.36. The van der Waals surface area contributed by atoms with Crippen molar-refractivity contribution in [2.75, 3.05) is 0 Å². The van der Waals surface area contributed by atoms with E-state index >= 15 is 0 Å². The number of benzene rings is 1. The lowest BCUT2D eigenvalue weighted by Gasteiger charge is -2.22. The molecule has 2 heteroatoms. The molecule has 16 heavy (non-hydrogen) atoms. The fraction of sp³-hybridized carbons (Fsp3) is 0.357. The van der Waals surface area contributed by atoms with E-state index in [1.165, 1.54) is 17.6 Å². The van der Waals surface area contributed by atoms with E-state index in [0.717, 1.165) is 18.6 Å². The molecule has 1 aromatic rings. The molecule has 1 atom stereocenters. The van der Waals surface area contributed by atoms with E-state index in [1.807, 2.05) is 18.2 Å². The lowest BCUT2D eigenvalue weighted by molar-refractivity contribution is 0.313. The van der Waals surface area contributed by atoms with Crippen LogP contribution in [0.2, 0.25) is 0 Å². The summed E-state index contributed by atoms with van der Waals surface area (Å²) in [6, 6.07) is 10.2. The Labute approximate surface area is 96.3 Å². The van der Waals surface area contributed by atoms with Gasteiger partial charge in [-0.2, -0.15) is 0 Å². The monoisotopic (exact) mass is 215 g/mol. The molecule has 1 aromatic carbocycles. The summed E-state index contributed by atoms with van der Waals surface area (Å²) in [5.74, 6) is 0.369. The molecule has 0 amide bonds. The van der Waals surface area contributed by atoms with Crippen LogP contribution in [0, 0.1) is 5.92 Å². The molecule has 0 aliphatic heterocycles. The van der Waals surface area contributed by atoms with Gasteiger partial charge in [0.05, 0.1) is 5.71 Å². The van der Waals surface area contributed by atoms with E-state index in [9.17, 15) is 0 Å². The topological polar surface area (TPSA) is 32.6 Å². The molecule has 84 valence electrons. The van der Waals surface area contributed by atoms with Crippen molar-refractivity contribution in [1.82, 2.24) is 0 Å². The molecule has 0 radical (unpaired) electrons. The highest BCUT2D eigenvalue weighted by Gasteiger charge is 2.21. The summed E-state index contributed by atoms with van der Waals surface area (Å²) in [5, 5.41) is 12.5. The van der Waals surface area contributed by atoms with Crippen LogP contribution in [0.1, 0.15) is 31.7 Å². The molecular weight excluding hydrogens is 198 g/mol. The van der Waals surface area contributed by atoms with Gasteiger partial charge in [-0.15, -0.1) is 0 Å². The molecule has 0 saturated heterocycles. The molecule has 0 spiro atoms. The molecule has 1 aliphatic rings. The number of hydrogen-bond acceptors (Lipinski definition) is 2. The van der Waals surface area contributed by atoms with Crippen LogP contribution >= 0.6 is 0 Å². The smallest absolute Gasteiger partial charge is 0.0855 e. The number of hydrogen-bond donors (Lipinski definition) is 1. The summed E-state index contributed by atoms with van der Waals surface area (Å²) >= 11 is 0. The summed E-state index contributed by atoms with van der Waals surface area (Å²) in [6.07, 6.45) is 5.44. The first kappa shape index (κ1) is 10.9. The zero-order chi connectivity index (χ0) is 11.4. The van der Waals surface area contributed by atoms with Crippen LogP contribution in [0.3, 0.4) is 0 Å². The van der Waals surface area contributed by atoms with Gasteiger partial charge < -0.3 is 5.21 Å². The van der Waals surface area contributed by atoms with Crippen molar-refractivity contribution < 1.29 is 5.21 Å². The Bertz CT molecular complexity index is 406. The van der Waals surface area contributed by atoms with Crippen molar-refractivity contribution in [3.05, 3.63) is 41.5 Å². The van der Waals surface area contributed by atoms with Gasteiger partial charge in [-0.1, -0.05) is 42.4 Å². The van der Waals surface area contributed by atoms with E-state index in [0.29, 0.717) is 5.92 Å². The summed E-state index contributed by atoms with van der Waals surface area (Å²) in [6.45, 7) is 2.12. The van der Waals surface area contributed by atoms with Crippen LogP contribution in [0.4, 0.5) is 0 Å². The second kappa shape index (κ2) is 4.97. The third-order valence-corrected chi connectivity index (χ3v) is 3.13. The Morgan fingerprint density at radius 2 is 2.06 bits per heavy atom. The molecule has 2 nitrogen and oxygen atoms in total. The molecule has 1 aliphatic carbocycles. The summed E-state index contributed by atoms with van der Waals surface area (Å²) in [5.41, 5.74) is 3.20. The predicted octanol–water partition coefficient (Wildman–Crippen LogP) is 3.72. The minimum atomic E-state index is 0.369. The Kier molecular flexibility index (Phi) is 3.40. The maximum atomic E-state index is 9.06. The molecule has 1 fully saturated rings. The molecule has 0 unspecified atom stereocenters. The van der Waals surface area contributed by atoms with Crippen LogP contribution < -0.4 is 0 Å². The molecule has 0 aromatic heterocycles. The van der Waals surface area contributed by atoms with Gasteiger partial charge in [0.2, 0.25) is 0 Å². The van der Waals surface area contributed by atoms with Crippen molar-refractivity contribution in [3.63, 3.8) is 0 Å². The maximum absolute atomic E-state index is 9.06. The maximum Gasteiger partial charge on any atom is 0.0855 e. The van der Waals surface area contributed by atoms with Gasteiger partial charge in [0.25, 0.3) is 0 Å². The van der Waals surface area contributed by atoms with Crippen molar-refractivity contribution in [1.29, 1.82) is 0 Å².